The average Bonchev–Trinajstić information content (AvgIpc) is 2.38. The van der Waals surface area contributed by atoms with Crippen molar-refractivity contribution in [3.63, 3.8) is 0 Å². The third-order valence-corrected chi connectivity index (χ3v) is 3.20. The van der Waals surface area contributed by atoms with Crippen molar-refractivity contribution in [1.82, 2.24) is 5.32 Å². The van der Waals surface area contributed by atoms with E-state index in [1.807, 2.05) is 27.7 Å². The van der Waals surface area contributed by atoms with Crippen LogP contribution in [0.15, 0.2) is 18.2 Å². The topological polar surface area (TPSA) is 84.2 Å². The smallest absolute Gasteiger partial charge is 0.251 e. The van der Waals surface area contributed by atoms with Crippen molar-refractivity contribution in [3.8, 4) is 0 Å². The van der Waals surface area contributed by atoms with Gasteiger partial charge in [0.25, 0.3) is 5.91 Å². The van der Waals surface area contributed by atoms with Gasteiger partial charge in [-0.05, 0) is 30.0 Å². The summed E-state index contributed by atoms with van der Waals surface area (Å²) in [4.78, 5) is 23.7. The molecule has 1 aromatic rings. The van der Waals surface area contributed by atoms with Gasteiger partial charge in [0.2, 0.25) is 5.91 Å². The summed E-state index contributed by atoms with van der Waals surface area (Å²) in [5, 5.41) is 5.34. The van der Waals surface area contributed by atoms with Crippen LogP contribution in [0.5, 0.6) is 0 Å². The molecule has 20 heavy (non-hydrogen) atoms. The number of hydrogen-bond donors (Lipinski definition) is 3. The minimum Gasteiger partial charge on any atom is -0.355 e. The van der Waals surface area contributed by atoms with E-state index >= 15 is 0 Å². The lowest BCUT2D eigenvalue weighted by Crippen LogP contribution is -2.45. The quantitative estimate of drug-likeness (QED) is 0.785. The Hall–Kier alpha value is -1.88. The van der Waals surface area contributed by atoms with Crippen LogP contribution < -0.4 is 16.4 Å². The molecule has 5 nitrogen and oxygen atoms in total. The number of hydrogen-bond acceptors (Lipinski definition) is 3. The Morgan fingerprint density at radius 1 is 1.25 bits per heavy atom. The van der Waals surface area contributed by atoms with Crippen LogP contribution in [0.3, 0.4) is 0 Å². The highest BCUT2D eigenvalue weighted by Gasteiger charge is 2.27. The van der Waals surface area contributed by atoms with E-state index in [-0.39, 0.29) is 17.2 Å². The summed E-state index contributed by atoms with van der Waals surface area (Å²) in [5.41, 5.74) is 7.59. The van der Waals surface area contributed by atoms with Gasteiger partial charge in [-0.3, -0.25) is 9.59 Å². The Morgan fingerprint density at radius 2 is 1.85 bits per heavy atom. The van der Waals surface area contributed by atoms with E-state index in [0.29, 0.717) is 11.3 Å². The Kier molecular flexibility index (Phi) is 4.89. The summed E-state index contributed by atoms with van der Waals surface area (Å²) in [6, 6.07) is 4.54. The molecule has 0 radical (unpaired) electrons. The van der Waals surface area contributed by atoms with Crippen molar-refractivity contribution in [3.05, 3.63) is 29.3 Å². The molecule has 110 valence electrons. The monoisotopic (exact) mass is 277 g/mol. The predicted molar refractivity (Wildman–Crippen MR) is 80.6 cm³/mol. The maximum absolute atomic E-state index is 12.1. The molecule has 0 aliphatic carbocycles. The normalized spacial score (nSPS) is 12.7. The average molecular weight is 277 g/mol. The third kappa shape index (κ3) is 3.81. The molecule has 2 amide bonds. The summed E-state index contributed by atoms with van der Waals surface area (Å²) in [7, 11) is 1.57. The Morgan fingerprint density at radius 3 is 2.35 bits per heavy atom. The zero-order valence-corrected chi connectivity index (χ0v) is 12.7. The summed E-state index contributed by atoms with van der Waals surface area (Å²) in [6.07, 6.45) is 0. The van der Waals surface area contributed by atoms with Gasteiger partial charge in [0.05, 0.1) is 6.04 Å². The SMILES string of the molecule is CNC(=O)c1ccc(C)c(NC(=O)[C@@H](N)C(C)(C)C)c1. The number of benzene rings is 1. The molecule has 5 heteroatoms. The molecule has 1 aromatic carbocycles. The first-order chi connectivity index (χ1) is 9.16. The molecule has 0 saturated carbocycles. The number of carbonyl (C=O) groups is 2. The van der Waals surface area contributed by atoms with Crippen molar-refractivity contribution >= 4 is 17.5 Å². The second kappa shape index (κ2) is 6.05. The van der Waals surface area contributed by atoms with Crippen LogP contribution in [0, 0.1) is 12.3 Å². The number of amides is 2. The number of nitrogens with one attached hydrogen (secondary N) is 2. The van der Waals surface area contributed by atoms with Crippen LogP contribution in [0.4, 0.5) is 5.69 Å². The third-order valence-electron chi connectivity index (χ3n) is 3.20. The van der Waals surface area contributed by atoms with Gasteiger partial charge in [-0.15, -0.1) is 0 Å². The zero-order chi connectivity index (χ0) is 15.5. The van der Waals surface area contributed by atoms with Gasteiger partial charge in [-0.2, -0.15) is 0 Å². The molecule has 0 aliphatic rings. The molecule has 0 spiro atoms. The van der Waals surface area contributed by atoms with Gasteiger partial charge >= 0.3 is 0 Å². The second-order valence-electron chi connectivity index (χ2n) is 5.94. The Balaban J connectivity index is 2.97. The van der Waals surface area contributed by atoms with E-state index < -0.39 is 6.04 Å². The first kappa shape index (κ1) is 16.2. The van der Waals surface area contributed by atoms with Crippen LogP contribution in [-0.4, -0.2) is 24.9 Å². The Labute approximate surface area is 119 Å². The van der Waals surface area contributed by atoms with Gasteiger partial charge < -0.3 is 16.4 Å². The lowest BCUT2D eigenvalue weighted by Gasteiger charge is -2.26. The first-order valence-corrected chi connectivity index (χ1v) is 6.56. The van der Waals surface area contributed by atoms with Crippen LogP contribution >= 0.6 is 0 Å². The molecule has 1 rings (SSSR count). The second-order valence-corrected chi connectivity index (χ2v) is 5.94. The van der Waals surface area contributed by atoms with Gasteiger partial charge in [0, 0.05) is 18.3 Å². The van der Waals surface area contributed by atoms with Gasteiger partial charge in [0.15, 0.2) is 0 Å². The van der Waals surface area contributed by atoms with Crippen molar-refractivity contribution in [1.29, 1.82) is 0 Å². The fourth-order valence-corrected chi connectivity index (χ4v) is 1.65. The molecule has 0 heterocycles. The zero-order valence-electron chi connectivity index (χ0n) is 12.7. The van der Waals surface area contributed by atoms with Crippen molar-refractivity contribution in [2.75, 3.05) is 12.4 Å². The highest BCUT2D eigenvalue weighted by molar-refractivity contribution is 5.99. The highest BCUT2D eigenvalue weighted by atomic mass is 16.2. The van der Waals surface area contributed by atoms with Gasteiger partial charge in [-0.25, -0.2) is 0 Å². The molecule has 0 fully saturated rings. The number of aryl methyl sites for hydroxylation is 1. The largest absolute Gasteiger partial charge is 0.355 e. The van der Waals surface area contributed by atoms with E-state index in [1.54, 1.807) is 25.2 Å². The van der Waals surface area contributed by atoms with Crippen molar-refractivity contribution in [2.24, 2.45) is 11.1 Å². The molecule has 4 N–H and O–H groups in total. The lowest BCUT2D eigenvalue weighted by atomic mass is 9.87. The number of anilines is 1. The molecule has 0 bridgehead atoms. The lowest BCUT2D eigenvalue weighted by molar-refractivity contribution is -0.119. The summed E-state index contributed by atoms with van der Waals surface area (Å²) in [6.45, 7) is 7.59. The first-order valence-electron chi connectivity index (χ1n) is 6.56. The van der Waals surface area contributed by atoms with E-state index in [0.717, 1.165) is 5.56 Å². The highest BCUT2D eigenvalue weighted by Crippen LogP contribution is 2.21. The number of rotatable bonds is 3. The van der Waals surface area contributed by atoms with E-state index in [1.165, 1.54) is 0 Å². The summed E-state index contributed by atoms with van der Waals surface area (Å²) >= 11 is 0. The van der Waals surface area contributed by atoms with E-state index in [2.05, 4.69) is 10.6 Å². The number of nitrogens with two attached hydrogens (primary N) is 1. The standard InChI is InChI=1S/C15H23N3O2/c1-9-6-7-10(13(19)17-5)8-11(9)18-14(20)12(16)15(2,3)4/h6-8,12H,16H2,1-5H3,(H,17,19)(H,18,20)/t12-/m1/s1. The molecule has 0 saturated heterocycles. The minimum atomic E-state index is -0.620. The minimum absolute atomic E-state index is 0.194. The van der Waals surface area contributed by atoms with Gasteiger partial charge in [0.1, 0.15) is 0 Å². The van der Waals surface area contributed by atoms with Gasteiger partial charge in [-0.1, -0.05) is 26.8 Å². The van der Waals surface area contributed by atoms with Crippen LogP contribution in [-0.2, 0) is 4.79 Å². The fourth-order valence-electron chi connectivity index (χ4n) is 1.65. The van der Waals surface area contributed by atoms with Crippen molar-refractivity contribution in [2.45, 2.75) is 33.7 Å². The fraction of sp³-hybridized carbons (Fsp3) is 0.467. The molecular formula is C15H23N3O2. The summed E-state index contributed by atoms with van der Waals surface area (Å²) < 4.78 is 0. The van der Waals surface area contributed by atoms with E-state index in [9.17, 15) is 9.59 Å². The predicted octanol–water partition coefficient (Wildman–Crippen LogP) is 1.67. The van der Waals surface area contributed by atoms with Crippen LogP contribution in [0.2, 0.25) is 0 Å². The number of carbonyl (C=O) groups excluding carboxylic acids is 2. The van der Waals surface area contributed by atoms with Crippen molar-refractivity contribution < 1.29 is 9.59 Å². The molecular weight excluding hydrogens is 254 g/mol. The molecule has 0 unspecified atom stereocenters. The molecule has 1 atom stereocenters. The van der Waals surface area contributed by atoms with Crippen LogP contribution in [0.25, 0.3) is 0 Å². The van der Waals surface area contributed by atoms with Crippen LogP contribution in [0.1, 0.15) is 36.7 Å². The maximum Gasteiger partial charge on any atom is 0.251 e. The Bertz CT molecular complexity index is 518. The maximum atomic E-state index is 12.1. The molecule has 0 aliphatic heterocycles. The molecule has 0 aromatic heterocycles. The van der Waals surface area contributed by atoms with E-state index in [4.69, 9.17) is 5.73 Å². The summed E-state index contributed by atoms with van der Waals surface area (Å²) in [5.74, 6) is -0.449.